The Labute approximate surface area is 109 Å². The van der Waals surface area contributed by atoms with Crippen LogP contribution in [0.15, 0.2) is 24.3 Å². The van der Waals surface area contributed by atoms with Gasteiger partial charge < -0.3 is 35.6 Å². The minimum atomic E-state index is -1.48. The Morgan fingerprint density at radius 3 is 2.47 bits per heavy atom. The molecule has 1 aromatic rings. The van der Waals surface area contributed by atoms with E-state index in [4.69, 9.17) is 20.3 Å². The predicted molar refractivity (Wildman–Crippen MR) is 65.2 cm³/mol. The van der Waals surface area contributed by atoms with Crippen molar-refractivity contribution in [3.63, 3.8) is 0 Å². The third-order valence-corrected chi connectivity index (χ3v) is 3.02. The number of aliphatic hydroxyl groups excluding tert-OH is 4. The third-order valence-electron chi connectivity index (χ3n) is 3.02. The van der Waals surface area contributed by atoms with E-state index < -0.39 is 37.3 Å². The fraction of sp³-hybridized carbons (Fsp3) is 0.500. The molecule has 19 heavy (non-hydrogen) atoms. The van der Waals surface area contributed by atoms with E-state index in [0.29, 0.717) is 5.69 Å². The predicted octanol–water partition coefficient (Wildman–Crippen LogP) is -1.55. The Bertz CT molecular complexity index is 428. The highest BCUT2D eigenvalue weighted by Crippen LogP contribution is 2.27. The SMILES string of the molecule is Nc1ccccc1O[C@H]1C(O)O[C@H](CO)[C@H](O)[C@@H]1O. The monoisotopic (exact) mass is 271 g/mol. The van der Waals surface area contributed by atoms with Gasteiger partial charge in [0.2, 0.25) is 0 Å². The van der Waals surface area contributed by atoms with Crippen LogP contribution in [0.1, 0.15) is 0 Å². The zero-order valence-electron chi connectivity index (χ0n) is 10.1. The summed E-state index contributed by atoms with van der Waals surface area (Å²) in [4.78, 5) is 0. The molecule has 0 radical (unpaired) electrons. The lowest BCUT2D eigenvalue weighted by atomic mass is 9.99. The van der Waals surface area contributed by atoms with E-state index in [1.807, 2.05) is 0 Å². The van der Waals surface area contributed by atoms with Crippen molar-refractivity contribution in [2.45, 2.75) is 30.7 Å². The van der Waals surface area contributed by atoms with Crippen molar-refractivity contribution in [1.82, 2.24) is 0 Å². The first-order valence-electron chi connectivity index (χ1n) is 5.86. The number of ether oxygens (including phenoxy) is 2. The number of anilines is 1. The average molecular weight is 271 g/mol. The van der Waals surface area contributed by atoms with Crippen LogP contribution in [0.2, 0.25) is 0 Å². The maximum atomic E-state index is 9.89. The molecule has 1 aliphatic rings. The van der Waals surface area contributed by atoms with Crippen molar-refractivity contribution >= 4 is 5.69 Å². The summed E-state index contributed by atoms with van der Waals surface area (Å²) in [5.74, 6) is 0.267. The summed E-state index contributed by atoms with van der Waals surface area (Å²) >= 11 is 0. The van der Waals surface area contributed by atoms with Crippen molar-refractivity contribution in [2.75, 3.05) is 12.3 Å². The molecule has 7 heteroatoms. The standard InChI is InChI=1S/C12H17NO6/c13-6-3-1-2-4-7(6)18-11-10(16)9(15)8(5-14)19-12(11)17/h1-4,8-12,14-17H,5,13H2/t8-,9+,10+,11-,12?/m1/s1. The van der Waals surface area contributed by atoms with Crippen LogP contribution in [-0.2, 0) is 4.74 Å². The number of para-hydroxylation sites is 2. The zero-order chi connectivity index (χ0) is 14.0. The molecule has 6 N–H and O–H groups in total. The molecule has 1 saturated heterocycles. The molecule has 5 atom stereocenters. The molecule has 2 rings (SSSR count). The fourth-order valence-electron chi connectivity index (χ4n) is 1.93. The van der Waals surface area contributed by atoms with Gasteiger partial charge in [0, 0.05) is 0 Å². The van der Waals surface area contributed by atoms with Gasteiger partial charge in [-0.05, 0) is 12.1 Å². The third kappa shape index (κ3) is 2.80. The van der Waals surface area contributed by atoms with Crippen molar-refractivity contribution in [3.05, 3.63) is 24.3 Å². The Morgan fingerprint density at radius 2 is 1.84 bits per heavy atom. The molecule has 0 amide bonds. The van der Waals surface area contributed by atoms with Gasteiger partial charge in [-0.25, -0.2) is 0 Å². The van der Waals surface area contributed by atoms with Crippen molar-refractivity contribution in [3.8, 4) is 5.75 Å². The van der Waals surface area contributed by atoms with E-state index in [1.54, 1.807) is 24.3 Å². The molecule has 1 unspecified atom stereocenters. The maximum absolute atomic E-state index is 9.89. The van der Waals surface area contributed by atoms with E-state index in [-0.39, 0.29) is 5.75 Å². The highest BCUT2D eigenvalue weighted by molar-refractivity contribution is 5.51. The second-order valence-electron chi connectivity index (χ2n) is 4.35. The Balaban J connectivity index is 2.14. The van der Waals surface area contributed by atoms with Crippen LogP contribution in [0.4, 0.5) is 5.69 Å². The highest BCUT2D eigenvalue weighted by atomic mass is 16.7. The molecule has 7 nitrogen and oxygen atoms in total. The minimum absolute atomic E-state index is 0.267. The summed E-state index contributed by atoms with van der Waals surface area (Å²) in [5, 5.41) is 38.3. The molecular formula is C12H17NO6. The first-order valence-corrected chi connectivity index (χ1v) is 5.86. The molecule has 1 aliphatic heterocycles. The van der Waals surface area contributed by atoms with Crippen LogP contribution in [-0.4, -0.2) is 57.7 Å². The first kappa shape index (κ1) is 14.0. The minimum Gasteiger partial charge on any atom is -0.480 e. The van der Waals surface area contributed by atoms with Crippen LogP contribution in [0.5, 0.6) is 5.75 Å². The topological polar surface area (TPSA) is 125 Å². The zero-order valence-corrected chi connectivity index (χ0v) is 10.1. The van der Waals surface area contributed by atoms with Gasteiger partial charge in [-0.3, -0.25) is 0 Å². The first-order chi connectivity index (χ1) is 9.04. The second kappa shape index (κ2) is 5.72. The number of rotatable bonds is 3. The van der Waals surface area contributed by atoms with Crippen LogP contribution in [0.25, 0.3) is 0 Å². The normalized spacial score (nSPS) is 35.1. The molecule has 1 aromatic carbocycles. The van der Waals surface area contributed by atoms with Gasteiger partial charge in [0.25, 0.3) is 0 Å². The Morgan fingerprint density at radius 1 is 1.16 bits per heavy atom. The molecule has 1 fully saturated rings. The van der Waals surface area contributed by atoms with E-state index >= 15 is 0 Å². The van der Waals surface area contributed by atoms with Crippen LogP contribution in [0.3, 0.4) is 0 Å². The van der Waals surface area contributed by atoms with E-state index in [0.717, 1.165) is 0 Å². The van der Waals surface area contributed by atoms with Gasteiger partial charge in [0.1, 0.15) is 24.1 Å². The average Bonchev–Trinajstić information content (AvgIpc) is 2.41. The van der Waals surface area contributed by atoms with Gasteiger partial charge >= 0.3 is 0 Å². The molecule has 0 aromatic heterocycles. The molecular weight excluding hydrogens is 254 g/mol. The van der Waals surface area contributed by atoms with Gasteiger partial charge in [-0.1, -0.05) is 12.1 Å². The van der Waals surface area contributed by atoms with Gasteiger partial charge in [-0.15, -0.1) is 0 Å². The number of nitrogens with two attached hydrogens (primary N) is 1. The summed E-state index contributed by atoms with van der Waals surface area (Å²) in [7, 11) is 0. The largest absolute Gasteiger partial charge is 0.480 e. The van der Waals surface area contributed by atoms with E-state index in [9.17, 15) is 15.3 Å². The smallest absolute Gasteiger partial charge is 0.195 e. The fourth-order valence-corrected chi connectivity index (χ4v) is 1.93. The lowest BCUT2D eigenvalue weighted by molar-refractivity contribution is -0.280. The molecule has 0 aliphatic carbocycles. The molecule has 1 heterocycles. The summed E-state index contributed by atoms with van der Waals surface area (Å²) in [6, 6.07) is 6.56. The van der Waals surface area contributed by atoms with Gasteiger partial charge in [0.15, 0.2) is 12.4 Å². The highest BCUT2D eigenvalue weighted by Gasteiger charge is 2.45. The molecule has 0 bridgehead atoms. The lowest BCUT2D eigenvalue weighted by Crippen LogP contribution is -2.60. The van der Waals surface area contributed by atoms with E-state index in [1.165, 1.54) is 0 Å². The number of nitrogen functional groups attached to an aromatic ring is 1. The summed E-state index contributed by atoms with van der Waals surface area (Å²) in [5.41, 5.74) is 6.02. The number of hydrogen-bond donors (Lipinski definition) is 5. The van der Waals surface area contributed by atoms with E-state index in [2.05, 4.69) is 0 Å². The lowest BCUT2D eigenvalue weighted by Gasteiger charge is -2.39. The maximum Gasteiger partial charge on any atom is 0.195 e. The van der Waals surface area contributed by atoms with Crippen LogP contribution in [0, 0.1) is 0 Å². The molecule has 106 valence electrons. The molecule has 0 spiro atoms. The number of hydrogen-bond acceptors (Lipinski definition) is 7. The summed E-state index contributed by atoms with van der Waals surface area (Å²) < 4.78 is 10.4. The van der Waals surface area contributed by atoms with Crippen molar-refractivity contribution < 1.29 is 29.9 Å². The molecule has 0 saturated carbocycles. The number of benzene rings is 1. The van der Waals surface area contributed by atoms with Crippen molar-refractivity contribution in [1.29, 1.82) is 0 Å². The summed E-state index contributed by atoms with van der Waals surface area (Å²) in [6.45, 7) is -0.518. The van der Waals surface area contributed by atoms with Crippen LogP contribution < -0.4 is 10.5 Å². The Kier molecular flexibility index (Phi) is 4.23. The second-order valence-corrected chi connectivity index (χ2v) is 4.35. The van der Waals surface area contributed by atoms with Gasteiger partial charge in [0.05, 0.1) is 12.3 Å². The Hall–Kier alpha value is -1.38. The quantitative estimate of drug-likeness (QED) is 0.421. The number of aliphatic hydroxyl groups is 4. The summed E-state index contributed by atoms with van der Waals surface area (Å²) in [6.07, 6.45) is -6.49. The van der Waals surface area contributed by atoms with Crippen molar-refractivity contribution in [2.24, 2.45) is 0 Å². The van der Waals surface area contributed by atoms with Gasteiger partial charge in [-0.2, -0.15) is 0 Å². The van der Waals surface area contributed by atoms with Crippen LogP contribution >= 0.6 is 0 Å².